The SMILES string of the molecule is CN(C)C(=O)C1(Oc2ccc(Cl)cc2)CCNCC1. The molecule has 1 saturated heterocycles. The fraction of sp³-hybridized carbons (Fsp3) is 0.500. The van der Waals surface area contributed by atoms with Gasteiger partial charge in [0.05, 0.1) is 0 Å². The third-order valence-corrected chi connectivity index (χ3v) is 3.59. The summed E-state index contributed by atoms with van der Waals surface area (Å²) in [7, 11) is 3.52. The molecule has 0 spiro atoms. The highest BCUT2D eigenvalue weighted by molar-refractivity contribution is 6.30. The van der Waals surface area contributed by atoms with E-state index in [2.05, 4.69) is 5.32 Å². The highest BCUT2D eigenvalue weighted by atomic mass is 35.5. The lowest BCUT2D eigenvalue weighted by Crippen LogP contribution is -2.56. The summed E-state index contributed by atoms with van der Waals surface area (Å²) in [6.45, 7) is 1.57. The van der Waals surface area contributed by atoms with Crippen LogP contribution in [0.2, 0.25) is 5.02 Å². The van der Waals surface area contributed by atoms with Crippen LogP contribution in [-0.2, 0) is 4.79 Å². The maximum Gasteiger partial charge on any atom is 0.266 e. The molecule has 0 aromatic heterocycles. The zero-order valence-corrected chi connectivity index (χ0v) is 12.0. The van der Waals surface area contributed by atoms with Gasteiger partial charge in [-0.2, -0.15) is 0 Å². The van der Waals surface area contributed by atoms with E-state index in [1.165, 1.54) is 0 Å². The highest BCUT2D eigenvalue weighted by Crippen LogP contribution is 2.29. The minimum absolute atomic E-state index is 0.0175. The molecule has 19 heavy (non-hydrogen) atoms. The van der Waals surface area contributed by atoms with E-state index in [-0.39, 0.29) is 5.91 Å². The van der Waals surface area contributed by atoms with Crippen molar-refractivity contribution in [2.45, 2.75) is 18.4 Å². The number of hydrogen-bond acceptors (Lipinski definition) is 3. The normalized spacial score (nSPS) is 17.8. The van der Waals surface area contributed by atoms with Gasteiger partial charge in [-0.3, -0.25) is 4.79 Å². The summed E-state index contributed by atoms with van der Waals surface area (Å²) in [6, 6.07) is 7.14. The number of ether oxygens (including phenoxy) is 1. The topological polar surface area (TPSA) is 41.6 Å². The van der Waals surface area contributed by atoms with Gasteiger partial charge in [0.15, 0.2) is 5.60 Å². The van der Waals surface area contributed by atoms with Crippen LogP contribution >= 0.6 is 11.6 Å². The number of halogens is 1. The molecule has 0 atom stereocenters. The number of benzene rings is 1. The second-order valence-corrected chi connectivity index (χ2v) is 5.44. The van der Waals surface area contributed by atoms with Crippen molar-refractivity contribution in [2.75, 3.05) is 27.2 Å². The summed E-state index contributed by atoms with van der Waals surface area (Å²) in [5.41, 5.74) is -0.761. The molecular formula is C14H19ClN2O2. The third-order valence-electron chi connectivity index (χ3n) is 3.33. The van der Waals surface area contributed by atoms with Crippen molar-refractivity contribution < 1.29 is 9.53 Å². The van der Waals surface area contributed by atoms with Crippen LogP contribution in [0.3, 0.4) is 0 Å². The Labute approximate surface area is 118 Å². The molecule has 104 valence electrons. The van der Waals surface area contributed by atoms with E-state index in [4.69, 9.17) is 16.3 Å². The predicted molar refractivity (Wildman–Crippen MR) is 75.6 cm³/mol. The van der Waals surface area contributed by atoms with Crippen LogP contribution in [0.4, 0.5) is 0 Å². The van der Waals surface area contributed by atoms with E-state index in [0.717, 1.165) is 13.1 Å². The predicted octanol–water partition coefficient (Wildman–Crippen LogP) is 1.93. The van der Waals surface area contributed by atoms with Gasteiger partial charge in [-0.15, -0.1) is 0 Å². The van der Waals surface area contributed by atoms with Gasteiger partial charge in [0.25, 0.3) is 5.91 Å². The second-order valence-electron chi connectivity index (χ2n) is 5.00. The van der Waals surface area contributed by atoms with Gasteiger partial charge >= 0.3 is 0 Å². The molecule has 1 fully saturated rings. The molecular weight excluding hydrogens is 264 g/mol. The zero-order chi connectivity index (χ0) is 13.9. The number of piperidine rings is 1. The molecule has 1 amide bonds. The van der Waals surface area contributed by atoms with Gasteiger partial charge < -0.3 is 15.0 Å². The van der Waals surface area contributed by atoms with Crippen molar-refractivity contribution in [1.82, 2.24) is 10.2 Å². The summed E-state index contributed by atoms with van der Waals surface area (Å²) < 4.78 is 6.03. The number of amides is 1. The third kappa shape index (κ3) is 3.19. The molecule has 0 aliphatic carbocycles. The minimum Gasteiger partial charge on any atom is -0.477 e. The fourth-order valence-corrected chi connectivity index (χ4v) is 2.45. The van der Waals surface area contributed by atoms with Gasteiger partial charge in [0.2, 0.25) is 0 Å². The number of likely N-dealkylation sites (N-methyl/N-ethyl adjacent to an activating group) is 1. The lowest BCUT2D eigenvalue weighted by atomic mass is 9.90. The second kappa shape index (κ2) is 5.80. The van der Waals surface area contributed by atoms with Crippen LogP contribution in [0.5, 0.6) is 5.75 Å². The maximum atomic E-state index is 12.4. The maximum absolute atomic E-state index is 12.4. The van der Waals surface area contributed by atoms with Crippen LogP contribution in [0, 0.1) is 0 Å². The van der Waals surface area contributed by atoms with Crippen molar-refractivity contribution in [3.05, 3.63) is 29.3 Å². The van der Waals surface area contributed by atoms with Crippen molar-refractivity contribution in [3.63, 3.8) is 0 Å². The number of hydrogen-bond donors (Lipinski definition) is 1. The molecule has 1 N–H and O–H groups in total. The molecule has 0 bridgehead atoms. The van der Waals surface area contributed by atoms with Gasteiger partial charge in [-0.25, -0.2) is 0 Å². The molecule has 2 rings (SSSR count). The molecule has 4 nitrogen and oxygen atoms in total. The summed E-state index contributed by atoms with van der Waals surface area (Å²) in [5.74, 6) is 0.699. The first kappa shape index (κ1) is 14.2. The first-order chi connectivity index (χ1) is 9.03. The van der Waals surface area contributed by atoms with Crippen LogP contribution in [-0.4, -0.2) is 43.6 Å². The van der Waals surface area contributed by atoms with E-state index < -0.39 is 5.60 Å². The summed E-state index contributed by atoms with van der Waals surface area (Å²) in [6.07, 6.45) is 1.35. The molecule has 1 aromatic rings. The average Bonchev–Trinajstić information content (AvgIpc) is 2.41. The number of carbonyl (C=O) groups is 1. The van der Waals surface area contributed by atoms with Crippen molar-refractivity contribution in [1.29, 1.82) is 0 Å². The van der Waals surface area contributed by atoms with Gasteiger partial charge in [-0.1, -0.05) is 11.6 Å². The summed E-state index contributed by atoms with van der Waals surface area (Å²) in [4.78, 5) is 14.0. The Balaban J connectivity index is 2.22. The Morgan fingerprint density at radius 3 is 2.37 bits per heavy atom. The zero-order valence-electron chi connectivity index (χ0n) is 11.3. The fourth-order valence-electron chi connectivity index (χ4n) is 2.33. The highest BCUT2D eigenvalue weighted by Gasteiger charge is 2.43. The molecule has 0 saturated carbocycles. The van der Waals surface area contributed by atoms with E-state index in [9.17, 15) is 4.79 Å². The molecule has 0 unspecified atom stereocenters. The number of nitrogens with zero attached hydrogens (tertiary/aromatic N) is 1. The Hall–Kier alpha value is -1.26. The van der Waals surface area contributed by atoms with Crippen LogP contribution in [0.25, 0.3) is 0 Å². The lowest BCUT2D eigenvalue weighted by Gasteiger charge is -2.38. The van der Waals surface area contributed by atoms with Gasteiger partial charge in [-0.05, 0) is 37.4 Å². The number of rotatable bonds is 3. The Morgan fingerprint density at radius 2 is 1.84 bits per heavy atom. The molecule has 1 aliphatic heterocycles. The standard InChI is InChI=1S/C14H19ClN2O2/c1-17(2)13(18)14(7-9-16-10-8-14)19-12-5-3-11(15)4-6-12/h3-6,16H,7-10H2,1-2H3. The largest absolute Gasteiger partial charge is 0.477 e. The first-order valence-electron chi connectivity index (χ1n) is 6.40. The van der Waals surface area contributed by atoms with Crippen LogP contribution < -0.4 is 10.1 Å². The van der Waals surface area contributed by atoms with E-state index in [1.54, 1.807) is 43.3 Å². The number of nitrogens with one attached hydrogen (secondary N) is 1. The first-order valence-corrected chi connectivity index (χ1v) is 6.78. The molecule has 1 aromatic carbocycles. The van der Waals surface area contributed by atoms with Gasteiger partial charge in [0.1, 0.15) is 5.75 Å². The van der Waals surface area contributed by atoms with Crippen molar-refractivity contribution in [3.8, 4) is 5.75 Å². The van der Waals surface area contributed by atoms with Crippen LogP contribution in [0.1, 0.15) is 12.8 Å². The quantitative estimate of drug-likeness (QED) is 0.921. The average molecular weight is 283 g/mol. The molecule has 5 heteroatoms. The molecule has 0 radical (unpaired) electrons. The Morgan fingerprint density at radius 1 is 1.26 bits per heavy atom. The molecule has 1 aliphatic rings. The smallest absolute Gasteiger partial charge is 0.266 e. The van der Waals surface area contributed by atoms with E-state index >= 15 is 0 Å². The number of carbonyl (C=O) groups excluding carboxylic acids is 1. The summed E-state index contributed by atoms with van der Waals surface area (Å²) >= 11 is 5.86. The van der Waals surface area contributed by atoms with Crippen LogP contribution in [0.15, 0.2) is 24.3 Å². The van der Waals surface area contributed by atoms with Crippen molar-refractivity contribution in [2.24, 2.45) is 0 Å². The Kier molecular flexibility index (Phi) is 4.32. The Bertz CT molecular complexity index is 439. The molecule has 1 heterocycles. The monoisotopic (exact) mass is 282 g/mol. The van der Waals surface area contributed by atoms with E-state index in [0.29, 0.717) is 23.6 Å². The van der Waals surface area contributed by atoms with E-state index in [1.807, 2.05) is 0 Å². The summed E-state index contributed by atoms with van der Waals surface area (Å²) in [5, 5.41) is 3.91. The lowest BCUT2D eigenvalue weighted by molar-refractivity contribution is -0.148. The van der Waals surface area contributed by atoms with Crippen molar-refractivity contribution >= 4 is 17.5 Å². The minimum atomic E-state index is -0.761. The van der Waals surface area contributed by atoms with Gasteiger partial charge in [0, 0.05) is 32.0 Å².